The Morgan fingerprint density at radius 3 is 2.31 bits per heavy atom. The minimum Gasteiger partial charge on any atom is -0.459 e. The molecule has 8 nitrogen and oxygen atoms in total. The van der Waals surface area contributed by atoms with Gasteiger partial charge in [-0.15, -0.1) is 0 Å². The molecule has 4 rings (SSSR count). The first-order chi connectivity index (χ1) is 15.4. The first kappa shape index (κ1) is 22.5. The third-order valence-corrected chi connectivity index (χ3v) is 8.08. The van der Waals surface area contributed by atoms with E-state index in [-0.39, 0.29) is 22.6 Å². The summed E-state index contributed by atoms with van der Waals surface area (Å²) in [4.78, 5) is 27.1. The van der Waals surface area contributed by atoms with Gasteiger partial charge >= 0.3 is 0 Å². The lowest BCUT2D eigenvalue weighted by atomic mass is 9.95. The number of hydrogen-bond donors (Lipinski definition) is 1. The number of piperidine rings is 1. The van der Waals surface area contributed by atoms with Gasteiger partial charge in [-0.1, -0.05) is 18.9 Å². The van der Waals surface area contributed by atoms with Crippen molar-refractivity contribution in [2.45, 2.75) is 43.4 Å². The van der Waals surface area contributed by atoms with E-state index in [0.717, 1.165) is 25.7 Å². The van der Waals surface area contributed by atoms with Crippen molar-refractivity contribution in [2.24, 2.45) is 5.92 Å². The van der Waals surface area contributed by atoms with Gasteiger partial charge in [-0.3, -0.25) is 9.59 Å². The third-order valence-electron chi connectivity index (χ3n) is 6.19. The van der Waals surface area contributed by atoms with Crippen LogP contribution in [0.2, 0.25) is 0 Å². The first-order valence-electron chi connectivity index (χ1n) is 11.2. The number of carbonyl (C=O) groups excluding carboxylic acids is 2. The molecule has 2 aliphatic heterocycles. The lowest BCUT2D eigenvalue weighted by molar-refractivity contribution is -0.121. The summed E-state index contributed by atoms with van der Waals surface area (Å²) in [6.07, 6.45) is 6.40. The average molecular weight is 460 g/mol. The van der Waals surface area contributed by atoms with E-state index < -0.39 is 10.0 Å². The predicted molar refractivity (Wildman–Crippen MR) is 120 cm³/mol. The van der Waals surface area contributed by atoms with Crippen LogP contribution in [0.25, 0.3) is 0 Å². The van der Waals surface area contributed by atoms with E-state index in [0.29, 0.717) is 50.5 Å². The summed E-state index contributed by atoms with van der Waals surface area (Å²) in [7, 11) is -3.58. The zero-order valence-corrected chi connectivity index (χ0v) is 18.9. The van der Waals surface area contributed by atoms with Gasteiger partial charge in [0.15, 0.2) is 5.76 Å². The summed E-state index contributed by atoms with van der Waals surface area (Å²) in [5, 5.41) is 2.87. The fourth-order valence-corrected chi connectivity index (χ4v) is 5.87. The fraction of sp³-hybridized carbons (Fsp3) is 0.478. The standard InChI is InChI=1S/C23H29N3O5S/c27-22(18-10-14-25(15-11-18)23(28)21-9-6-16-31-21)24-19-7-5-8-20(17-19)32(29,30)26-12-3-1-2-4-13-26/h5-9,16-18H,1-4,10-15H2,(H,24,27). The number of nitrogens with zero attached hydrogens (tertiary/aromatic N) is 2. The number of amides is 2. The van der Waals surface area contributed by atoms with Crippen molar-refractivity contribution in [1.29, 1.82) is 0 Å². The number of likely N-dealkylation sites (tertiary alicyclic amines) is 1. The van der Waals surface area contributed by atoms with Gasteiger partial charge in [0, 0.05) is 37.8 Å². The number of furan rings is 1. The minimum absolute atomic E-state index is 0.153. The SMILES string of the molecule is O=C(Nc1cccc(S(=O)(=O)N2CCCCCC2)c1)C1CCN(C(=O)c2ccco2)CC1. The lowest BCUT2D eigenvalue weighted by Gasteiger charge is -2.30. The van der Waals surface area contributed by atoms with Crippen LogP contribution in [0.5, 0.6) is 0 Å². The van der Waals surface area contributed by atoms with Gasteiger partial charge in [0.25, 0.3) is 5.91 Å². The van der Waals surface area contributed by atoms with E-state index in [1.54, 1.807) is 39.5 Å². The van der Waals surface area contributed by atoms with Gasteiger partial charge < -0.3 is 14.6 Å². The molecule has 2 aliphatic rings. The Kier molecular flexibility index (Phi) is 6.95. The molecule has 1 aromatic carbocycles. The second kappa shape index (κ2) is 9.87. The van der Waals surface area contributed by atoms with Gasteiger partial charge in [0.2, 0.25) is 15.9 Å². The molecule has 0 bridgehead atoms. The number of anilines is 1. The Labute approximate surface area is 188 Å². The molecule has 0 spiro atoms. The molecule has 2 saturated heterocycles. The topological polar surface area (TPSA) is 99.9 Å². The van der Waals surface area contributed by atoms with Crippen molar-refractivity contribution < 1.29 is 22.4 Å². The summed E-state index contributed by atoms with van der Waals surface area (Å²) in [6, 6.07) is 9.78. The van der Waals surface area contributed by atoms with Crippen LogP contribution in [0, 0.1) is 5.92 Å². The van der Waals surface area contributed by atoms with Gasteiger partial charge in [0.1, 0.15) is 0 Å². The number of benzene rings is 1. The highest BCUT2D eigenvalue weighted by Gasteiger charge is 2.29. The molecule has 172 valence electrons. The predicted octanol–water partition coefficient (Wildman–Crippen LogP) is 3.34. The molecule has 0 aliphatic carbocycles. The zero-order valence-electron chi connectivity index (χ0n) is 18.0. The van der Waals surface area contributed by atoms with Crippen LogP contribution in [0.1, 0.15) is 49.1 Å². The van der Waals surface area contributed by atoms with Crippen molar-refractivity contribution in [3.8, 4) is 0 Å². The van der Waals surface area contributed by atoms with Crippen LogP contribution in [0.15, 0.2) is 52.0 Å². The highest BCUT2D eigenvalue weighted by Crippen LogP contribution is 2.25. The van der Waals surface area contributed by atoms with Gasteiger partial charge in [-0.2, -0.15) is 4.31 Å². The van der Waals surface area contributed by atoms with E-state index in [1.807, 2.05) is 0 Å². The minimum atomic E-state index is -3.58. The van der Waals surface area contributed by atoms with Crippen molar-refractivity contribution >= 4 is 27.5 Å². The Hall–Kier alpha value is -2.65. The largest absolute Gasteiger partial charge is 0.459 e. The van der Waals surface area contributed by atoms with Crippen molar-refractivity contribution in [3.05, 3.63) is 48.4 Å². The molecule has 3 heterocycles. The van der Waals surface area contributed by atoms with E-state index in [9.17, 15) is 18.0 Å². The van der Waals surface area contributed by atoms with E-state index in [4.69, 9.17) is 4.42 Å². The molecule has 0 unspecified atom stereocenters. The second-order valence-corrected chi connectivity index (χ2v) is 10.3. The van der Waals surface area contributed by atoms with Crippen molar-refractivity contribution in [3.63, 3.8) is 0 Å². The molecule has 0 radical (unpaired) electrons. The number of rotatable bonds is 5. The van der Waals surface area contributed by atoms with E-state index in [1.165, 1.54) is 12.3 Å². The summed E-state index contributed by atoms with van der Waals surface area (Å²) in [6.45, 7) is 2.02. The smallest absolute Gasteiger partial charge is 0.289 e. The van der Waals surface area contributed by atoms with Crippen molar-refractivity contribution in [1.82, 2.24) is 9.21 Å². The van der Waals surface area contributed by atoms with E-state index in [2.05, 4.69) is 5.32 Å². The molecule has 0 saturated carbocycles. The number of hydrogen-bond acceptors (Lipinski definition) is 5. The van der Waals surface area contributed by atoms with Crippen LogP contribution in [-0.4, -0.2) is 55.6 Å². The van der Waals surface area contributed by atoms with Crippen LogP contribution in [0.3, 0.4) is 0 Å². The molecule has 1 N–H and O–H groups in total. The van der Waals surface area contributed by atoms with Crippen molar-refractivity contribution in [2.75, 3.05) is 31.5 Å². The van der Waals surface area contributed by atoms with Crippen LogP contribution in [0.4, 0.5) is 5.69 Å². The molecule has 2 aromatic rings. The summed E-state index contributed by atoms with van der Waals surface area (Å²) < 4.78 is 32.8. The molecule has 2 amide bonds. The maximum atomic E-state index is 13.0. The van der Waals surface area contributed by atoms with Crippen LogP contribution >= 0.6 is 0 Å². The Balaban J connectivity index is 1.36. The molecular weight excluding hydrogens is 430 g/mol. The van der Waals surface area contributed by atoms with Gasteiger partial charge in [-0.05, 0) is 56.0 Å². The molecular formula is C23H29N3O5S. The number of carbonyl (C=O) groups is 2. The van der Waals surface area contributed by atoms with Crippen LogP contribution in [-0.2, 0) is 14.8 Å². The lowest BCUT2D eigenvalue weighted by Crippen LogP contribution is -2.41. The van der Waals surface area contributed by atoms with Gasteiger partial charge in [0.05, 0.1) is 11.2 Å². The monoisotopic (exact) mass is 459 g/mol. The normalized spacial score (nSPS) is 18.8. The third kappa shape index (κ3) is 5.05. The quantitative estimate of drug-likeness (QED) is 0.739. The highest BCUT2D eigenvalue weighted by atomic mass is 32.2. The highest BCUT2D eigenvalue weighted by molar-refractivity contribution is 7.89. The van der Waals surface area contributed by atoms with Crippen LogP contribution < -0.4 is 5.32 Å². The summed E-state index contributed by atoms with van der Waals surface area (Å²) >= 11 is 0. The number of nitrogens with one attached hydrogen (secondary N) is 1. The Morgan fingerprint density at radius 2 is 1.66 bits per heavy atom. The van der Waals surface area contributed by atoms with Gasteiger partial charge in [-0.25, -0.2) is 8.42 Å². The Bertz CT molecular complexity index is 1040. The number of sulfonamides is 1. The molecule has 0 atom stereocenters. The maximum Gasteiger partial charge on any atom is 0.289 e. The average Bonchev–Trinajstić information content (AvgIpc) is 3.20. The Morgan fingerprint density at radius 1 is 0.938 bits per heavy atom. The molecule has 2 fully saturated rings. The second-order valence-electron chi connectivity index (χ2n) is 8.38. The molecule has 1 aromatic heterocycles. The summed E-state index contributed by atoms with van der Waals surface area (Å²) in [5.74, 6) is -0.253. The fourth-order valence-electron chi connectivity index (χ4n) is 4.31. The first-order valence-corrected chi connectivity index (χ1v) is 12.6. The van der Waals surface area contributed by atoms with E-state index >= 15 is 0 Å². The molecule has 32 heavy (non-hydrogen) atoms. The zero-order chi connectivity index (χ0) is 22.6. The summed E-state index contributed by atoms with van der Waals surface area (Å²) in [5.41, 5.74) is 0.472. The molecule has 9 heteroatoms. The maximum absolute atomic E-state index is 13.0.